The van der Waals surface area contributed by atoms with E-state index >= 15 is 0 Å². The lowest BCUT2D eigenvalue weighted by Gasteiger charge is -2.15. The predicted octanol–water partition coefficient (Wildman–Crippen LogP) is 6.54. The molecule has 1 N–H and O–H groups in total. The van der Waals surface area contributed by atoms with Crippen LogP contribution >= 0.6 is 11.6 Å². The number of carboxylic acids is 1. The second-order valence-corrected chi connectivity index (χ2v) is 9.16. The molecule has 2 aromatic carbocycles. The number of halogens is 1. The van der Waals surface area contributed by atoms with Crippen molar-refractivity contribution in [2.24, 2.45) is 0 Å². The Kier molecular flexibility index (Phi) is 7.41. The van der Waals surface area contributed by atoms with Gasteiger partial charge in [0.25, 0.3) is 0 Å². The van der Waals surface area contributed by atoms with Crippen molar-refractivity contribution in [1.82, 2.24) is 14.5 Å². The monoisotopic (exact) mass is 491 g/mol. The third-order valence-electron chi connectivity index (χ3n) is 6.09. The summed E-state index contributed by atoms with van der Waals surface area (Å²) in [7, 11) is 0. The van der Waals surface area contributed by atoms with E-state index in [4.69, 9.17) is 26.3 Å². The van der Waals surface area contributed by atoms with Crippen LogP contribution in [0.5, 0.6) is 5.75 Å². The molecule has 0 aliphatic rings. The van der Waals surface area contributed by atoms with Gasteiger partial charge in [-0.3, -0.25) is 0 Å². The molecule has 0 atom stereocenters. The predicted molar refractivity (Wildman–Crippen MR) is 139 cm³/mol. The second-order valence-electron chi connectivity index (χ2n) is 8.79. The minimum Gasteiger partial charge on any atom is -0.489 e. The number of hydrogen-bond donors (Lipinski definition) is 1. The number of aromatic carboxylic acids is 1. The molecule has 35 heavy (non-hydrogen) atoms. The third-order valence-corrected chi connectivity index (χ3v) is 6.54. The smallest absolute Gasteiger partial charge is 0.337 e. The molecule has 2 aromatic heterocycles. The highest BCUT2D eigenvalue weighted by Crippen LogP contribution is 2.28. The van der Waals surface area contributed by atoms with Gasteiger partial charge in [0.15, 0.2) is 5.65 Å². The first-order valence-corrected chi connectivity index (χ1v) is 12.3. The Morgan fingerprint density at radius 1 is 1.09 bits per heavy atom. The molecular formula is C28H30ClN3O3. The molecule has 7 heteroatoms. The van der Waals surface area contributed by atoms with Gasteiger partial charge in [-0.25, -0.2) is 14.8 Å². The van der Waals surface area contributed by atoms with Gasteiger partial charge in [0.1, 0.15) is 23.7 Å². The Bertz CT molecular complexity index is 1390. The lowest BCUT2D eigenvalue weighted by Crippen LogP contribution is -2.07. The van der Waals surface area contributed by atoms with Crippen molar-refractivity contribution in [2.45, 2.75) is 60.1 Å². The maximum Gasteiger partial charge on any atom is 0.337 e. The number of carboxylic acid groups (broad SMARTS) is 1. The van der Waals surface area contributed by atoms with Crippen molar-refractivity contribution in [2.75, 3.05) is 0 Å². The number of aryl methyl sites for hydroxylation is 4. The Balaban J connectivity index is 1.63. The van der Waals surface area contributed by atoms with Crippen molar-refractivity contribution >= 4 is 28.7 Å². The highest BCUT2D eigenvalue weighted by atomic mass is 35.5. The van der Waals surface area contributed by atoms with E-state index in [1.807, 2.05) is 13.0 Å². The van der Waals surface area contributed by atoms with Crippen LogP contribution < -0.4 is 4.74 Å². The molecule has 0 aliphatic heterocycles. The molecule has 0 saturated carbocycles. The molecular weight excluding hydrogens is 462 g/mol. The average Bonchev–Trinajstić information content (AvgIpc) is 3.17. The van der Waals surface area contributed by atoms with Crippen LogP contribution in [0.2, 0.25) is 5.02 Å². The summed E-state index contributed by atoms with van der Waals surface area (Å²) in [5.41, 5.74) is 7.00. The second kappa shape index (κ2) is 10.5. The number of ether oxygens (including phenoxy) is 1. The molecule has 4 aromatic rings. The number of nitrogens with zero attached hydrogens (tertiary/aromatic N) is 3. The van der Waals surface area contributed by atoms with Crippen molar-refractivity contribution in [3.8, 4) is 5.75 Å². The minimum absolute atomic E-state index is 0.0790. The third kappa shape index (κ3) is 5.17. The van der Waals surface area contributed by atoms with Crippen molar-refractivity contribution in [3.05, 3.63) is 86.8 Å². The Hall–Kier alpha value is -3.38. The number of imidazole rings is 1. The summed E-state index contributed by atoms with van der Waals surface area (Å²) in [4.78, 5) is 21.0. The number of aromatic nitrogens is 3. The van der Waals surface area contributed by atoms with E-state index in [1.54, 1.807) is 12.1 Å². The fourth-order valence-corrected chi connectivity index (χ4v) is 4.68. The summed E-state index contributed by atoms with van der Waals surface area (Å²) in [5, 5.41) is 9.54. The van der Waals surface area contributed by atoms with Crippen molar-refractivity contribution in [3.63, 3.8) is 0 Å². The van der Waals surface area contributed by atoms with E-state index in [0.717, 1.165) is 64.4 Å². The number of fused-ring (bicyclic) bond motifs is 1. The van der Waals surface area contributed by atoms with Crippen LogP contribution in [0.15, 0.2) is 42.5 Å². The summed E-state index contributed by atoms with van der Waals surface area (Å²) >= 11 is 6.30. The fraction of sp³-hybridized carbons (Fsp3) is 0.321. The number of hydrogen-bond acceptors (Lipinski definition) is 4. The van der Waals surface area contributed by atoms with Crippen LogP contribution in [0, 0.1) is 13.8 Å². The standard InChI is InChI=1S/C28H30ClN3O3/c1-5-8-20-14-19(15-32-24(6-2)31-26-17(3)13-18(4)30-27(26)32)11-12-23(20)35-16-21-9-7-10-22(25(21)29)28(33)34/h7,9-14H,5-6,8,15-16H2,1-4H3,(H,33,34). The van der Waals surface area contributed by atoms with Gasteiger partial charge in [0, 0.05) is 17.7 Å². The molecule has 0 amide bonds. The number of carbonyl (C=O) groups is 1. The van der Waals surface area contributed by atoms with Crippen LogP contribution in [-0.2, 0) is 26.0 Å². The zero-order chi connectivity index (χ0) is 25.1. The normalized spacial score (nSPS) is 11.2. The fourth-order valence-electron chi connectivity index (χ4n) is 4.42. The van der Waals surface area contributed by atoms with E-state index in [9.17, 15) is 9.90 Å². The number of pyridine rings is 1. The van der Waals surface area contributed by atoms with Crippen LogP contribution in [0.3, 0.4) is 0 Å². The molecule has 182 valence electrons. The zero-order valence-electron chi connectivity index (χ0n) is 20.6. The summed E-state index contributed by atoms with van der Waals surface area (Å²) in [6.07, 6.45) is 2.67. The molecule has 0 spiro atoms. The van der Waals surface area contributed by atoms with Gasteiger partial charge in [-0.1, -0.05) is 56.1 Å². The quantitative estimate of drug-likeness (QED) is 0.287. The first kappa shape index (κ1) is 24.7. The molecule has 0 radical (unpaired) electrons. The Morgan fingerprint density at radius 2 is 1.89 bits per heavy atom. The summed E-state index contributed by atoms with van der Waals surface area (Å²) in [6, 6.07) is 13.3. The van der Waals surface area contributed by atoms with Crippen molar-refractivity contribution in [1.29, 1.82) is 0 Å². The first-order chi connectivity index (χ1) is 16.8. The molecule has 4 rings (SSSR count). The van der Waals surface area contributed by atoms with Gasteiger partial charge in [-0.15, -0.1) is 0 Å². The first-order valence-electron chi connectivity index (χ1n) is 11.9. The minimum atomic E-state index is -1.05. The Labute approximate surface area is 210 Å². The van der Waals surface area contributed by atoms with E-state index in [2.05, 4.69) is 43.5 Å². The molecule has 0 aliphatic carbocycles. The van der Waals surface area contributed by atoms with Crippen molar-refractivity contribution < 1.29 is 14.6 Å². The molecule has 0 fully saturated rings. The van der Waals surface area contributed by atoms with Gasteiger partial charge in [0.05, 0.1) is 17.1 Å². The van der Waals surface area contributed by atoms with Crippen LogP contribution in [0.4, 0.5) is 0 Å². The Morgan fingerprint density at radius 3 is 2.60 bits per heavy atom. The van der Waals surface area contributed by atoms with E-state index in [0.29, 0.717) is 12.1 Å². The van der Waals surface area contributed by atoms with Gasteiger partial charge < -0.3 is 14.4 Å². The van der Waals surface area contributed by atoms with E-state index in [-0.39, 0.29) is 17.2 Å². The highest BCUT2D eigenvalue weighted by Gasteiger charge is 2.16. The largest absolute Gasteiger partial charge is 0.489 e. The zero-order valence-corrected chi connectivity index (χ0v) is 21.3. The maximum absolute atomic E-state index is 11.4. The van der Waals surface area contributed by atoms with Gasteiger partial charge in [-0.05, 0) is 55.2 Å². The van der Waals surface area contributed by atoms with Crippen LogP contribution in [0.1, 0.15) is 64.4 Å². The number of rotatable bonds is 9. The van der Waals surface area contributed by atoms with Crippen LogP contribution in [0.25, 0.3) is 11.2 Å². The van der Waals surface area contributed by atoms with Gasteiger partial charge in [-0.2, -0.15) is 0 Å². The summed E-state index contributed by atoms with van der Waals surface area (Å²) in [6.45, 7) is 9.22. The van der Waals surface area contributed by atoms with E-state index in [1.165, 1.54) is 6.07 Å². The lowest BCUT2D eigenvalue weighted by molar-refractivity contribution is 0.0697. The highest BCUT2D eigenvalue weighted by molar-refractivity contribution is 6.34. The van der Waals surface area contributed by atoms with Gasteiger partial charge in [0.2, 0.25) is 0 Å². The molecule has 2 heterocycles. The molecule has 0 bridgehead atoms. The van der Waals surface area contributed by atoms with Gasteiger partial charge >= 0.3 is 5.97 Å². The maximum atomic E-state index is 11.4. The average molecular weight is 492 g/mol. The molecule has 6 nitrogen and oxygen atoms in total. The molecule has 0 unspecified atom stereocenters. The number of benzene rings is 2. The van der Waals surface area contributed by atoms with Crippen LogP contribution in [-0.4, -0.2) is 25.6 Å². The molecule has 0 saturated heterocycles. The summed E-state index contributed by atoms with van der Waals surface area (Å²) < 4.78 is 8.33. The summed E-state index contributed by atoms with van der Waals surface area (Å²) in [5.74, 6) is 0.751. The SMILES string of the molecule is CCCc1cc(Cn2c(CC)nc3c(C)cc(C)nc32)ccc1OCc1cccc(C(=O)O)c1Cl. The topological polar surface area (TPSA) is 77.2 Å². The van der Waals surface area contributed by atoms with E-state index < -0.39 is 5.97 Å². The lowest BCUT2D eigenvalue weighted by atomic mass is 10.0.